The molecule has 4 heterocycles. The van der Waals surface area contributed by atoms with Crippen LogP contribution in [0.5, 0.6) is 0 Å². The second-order valence-electron chi connectivity index (χ2n) is 15.1. The lowest BCUT2D eigenvalue weighted by molar-refractivity contribution is -0.443. The smallest absolute Gasteiger partial charge is 0.333 e. The van der Waals surface area contributed by atoms with Gasteiger partial charge in [-0.1, -0.05) is 26.8 Å². The molecule has 4 saturated carbocycles. The first-order valence-corrected chi connectivity index (χ1v) is 15.9. The number of aliphatic hydroxyl groups is 2. The number of methoxy groups -OCH3 is 1. The fourth-order valence-corrected chi connectivity index (χ4v) is 11.6. The molecule has 8 rings (SSSR count). The Morgan fingerprint density at radius 3 is 2.52 bits per heavy atom. The van der Waals surface area contributed by atoms with Crippen LogP contribution >= 0.6 is 0 Å². The fourth-order valence-electron chi connectivity index (χ4n) is 11.6. The molecule has 1 aromatic rings. The molecule has 0 amide bonds. The van der Waals surface area contributed by atoms with Crippen molar-refractivity contribution < 1.29 is 57.4 Å². The van der Waals surface area contributed by atoms with Gasteiger partial charge in [0.15, 0.2) is 11.2 Å². The fraction of sp³-hybridized carbons (Fsp3) is 0.676. The summed E-state index contributed by atoms with van der Waals surface area (Å²) in [5.74, 6) is -4.26. The third-order valence-electron chi connectivity index (χ3n) is 13.4. The number of allylic oxidation sites excluding steroid dienone is 1. The number of hydrogen-bond acceptors (Lipinski definition) is 12. The zero-order valence-corrected chi connectivity index (χ0v) is 27.0. The van der Waals surface area contributed by atoms with Crippen LogP contribution in [-0.4, -0.2) is 75.8 Å². The molecule has 46 heavy (non-hydrogen) atoms. The van der Waals surface area contributed by atoms with Crippen molar-refractivity contribution in [1.29, 1.82) is 0 Å². The Balaban J connectivity index is 1.42. The number of fused-ring (bicyclic) bond motifs is 4. The van der Waals surface area contributed by atoms with Crippen molar-refractivity contribution >= 4 is 17.9 Å². The van der Waals surface area contributed by atoms with Crippen LogP contribution in [0.4, 0.5) is 0 Å². The Morgan fingerprint density at radius 1 is 1.13 bits per heavy atom. The summed E-state index contributed by atoms with van der Waals surface area (Å²) in [6.45, 7) is 10.5. The molecule has 12 heteroatoms. The van der Waals surface area contributed by atoms with Crippen molar-refractivity contribution in [3.05, 3.63) is 47.5 Å². The highest BCUT2D eigenvalue weighted by molar-refractivity contribution is 5.88. The maximum Gasteiger partial charge on any atom is 0.333 e. The highest BCUT2D eigenvalue weighted by atomic mass is 16.9. The molecule has 1 aromatic heterocycles. The van der Waals surface area contributed by atoms with Crippen LogP contribution in [0.15, 0.2) is 46.3 Å². The summed E-state index contributed by atoms with van der Waals surface area (Å²) in [7, 11) is 1.29. The van der Waals surface area contributed by atoms with Gasteiger partial charge in [0.05, 0.1) is 19.6 Å². The maximum absolute atomic E-state index is 13.5. The molecule has 3 aliphatic heterocycles. The zero-order chi connectivity index (χ0) is 33.1. The van der Waals surface area contributed by atoms with Crippen molar-refractivity contribution in [3.8, 4) is 0 Å². The average molecular weight is 641 g/mol. The average Bonchev–Trinajstić information content (AvgIpc) is 3.78. The third-order valence-corrected chi connectivity index (χ3v) is 13.4. The Bertz CT molecular complexity index is 1650. The molecule has 248 valence electrons. The monoisotopic (exact) mass is 640 g/mol. The van der Waals surface area contributed by atoms with E-state index in [1.54, 1.807) is 32.9 Å². The van der Waals surface area contributed by atoms with E-state index in [0.717, 1.165) is 0 Å². The minimum Gasteiger partial charge on any atom is -0.472 e. The predicted molar refractivity (Wildman–Crippen MR) is 154 cm³/mol. The molecular weight excluding hydrogens is 600 g/mol. The number of ether oxygens (including phenoxy) is 6. The van der Waals surface area contributed by atoms with Gasteiger partial charge in [-0.15, -0.1) is 0 Å². The summed E-state index contributed by atoms with van der Waals surface area (Å²) in [6, 6.07) is 1.74. The van der Waals surface area contributed by atoms with Crippen molar-refractivity contribution in [1.82, 2.24) is 0 Å². The quantitative estimate of drug-likeness (QED) is 0.275. The third kappa shape index (κ3) is 2.83. The summed E-state index contributed by atoms with van der Waals surface area (Å²) in [5, 5.41) is 26.5. The second-order valence-corrected chi connectivity index (χ2v) is 15.1. The van der Waals surface area contributed by atoms with Crippen molar-refractivity contribution in [2.24, 2.45) is 22.2 Å². The van der Waals surface area contributed by atoms with Gasteiger partial charge in [-0.3, -0.25) is 4.79 Å². The number of carbonyl (C=O) groups is 3. The number of rotatable bonds is 5. The molecule has 6 fully saturated rings. The maximum atomic E-state index is 13.5. The first kappa shape index (κ1) is 30.3. The molecule has 1 unspecified atom stereocenters. The van der Waals surface area contributed by atoms with Crippen LogP contribution in [0.3, 0.4) is 0 Å². The summed E-state index contributed by atoms with van der Waals surface area (Å²) in [5.41, 5.74) is -9.27. The Kier molecular flexibility index (Phi) is 5.61. The van der Waals surface area contributed by atoms with E-state index in [9.17, 15) is 24.6 Å². The van der Waals surface area contributed by atoms with Gasteiger partial charge in [-0.2, -0.15) is 0 Å². The molecule has 0 aromatic carbocycles. The summed E-state index contributed by atoms with van der Waals surface area (Å²) < 4.78 is 43.0. The van der Waals surface area contributed by atoms with Crippen LogP contribution in [0, 0.1) is 22.2 Å². The van der Waals surface area contributed by atoms with Crippen molar-refractivity contribution in [3.63, 3.8) is 0 Å². The number of cyclic esters (lactones) is 1. The number of furan rings is 1. The highest BCUT2D eigenvalue weighted by Gasteiger charge is 3.01. The first-order chi connectivity index (χ1) is 21.5. The molecule has 0 radical (unpaired) electrons. The molecule has 7 aliphatic rings. The summed E-state index contributed by atoms with van der Waals surface area (Å²) in [4.78, 5) is 40.1. The van der Waals surface area contributed by atoms with Gasteiger partial charge in [0.25, 0.3) is 5.97 Å². The lowest BCUT2D eigenvalue weighted by atomic mass is 9.35. The van der Waals surface area contributed by atoms with E-state index in [1.807, 2.05) is 20.8 Å². The minimum atomic E-state index is -2.26. The molecule has 12 nitrogen and oxygen atoms in total. The Hall–Kier alpha value is -3.03. The second kappa shape index (κ2) is 8.51. The van der Waals surface area contributed by atoms with E-state index in [0.29, 0.717) is 29.6 Å². The molecule has 12 atom stereocenters. The summed E-state index contributed by atoms with van der Waals surface area (Å²) in [6.07, 6.45) is 3.14. The molecule has 4 bridgehead atoms. The predicted octanol–water partition coefficient (Wildman–Crippen LogP) is 3.16. The normalized spacial score (nSPS) is 52.5. The largest absolute Gasteiger partial charge is 0.472 e. The zero-order valence-electron chi connectivity index (χ0n) is 27.0. The van der Waals surface area contributed by atoms with Crippen LogP contribution in [0.1, 0.15) is 78.9 Å². The molecule has 4 aliphatic carbocycles. The lowest BCUT2D eigenvalue weighted by Crippen LogP contribution is -2.92. The van der Waals surface area contributed by atoms with E-state index in [1.165, 1.54) is 25.7 Å². The first-order valence-electron chi connectivity index (χ1n) is 15.9. The highest BCUT2D eigenvalue weighted by Crippen LogP contribution is 2.87. The van der Waals surface area contributed by atoms with Crippen LogP contribution in [0.25, 0.3) is 0 Å². The van der Waals surface area contributed by atoms with Crippen LogP contribution < -0.4 is 0 Å². The number of hydrogen-bond donors (Lipinski definition) is 2. The SMILES string of the molecule is C/C=C(\C)C(=O)O[C@H]1[C@]2(C)C[C@]3(O)[C@@]1(O)[C@H]1OC4(C)O[C@@]5(CC[C@]6(C)C(=CC(=O)O[C@H]6c6ccoc6)[C@@]15O4)[C@]3(C)[C@H]2CC(=O)OC. The molecule has 1 spiro atoms. The van der Waals surface area contributed by atoms with E-state index < -0.39 is 86.8 Å². The van der Waals surface area contributed by atoms with E-state index in [2.05, 4.69) is 0 Å². The minimum absolute atomic E-state index is 0.0186. The van der Waals surface area contributed by atoms with Crippen LogP contribution in [-0.2, 0) is 42.8 Å². The van der Waals surface area contributed by atoms with Crippen molar-refractivity contribution in [2.45, 2.75) is 114 Å². The van der Waals surface area contributed by atoms with Gasteiger partial charge in [0.2, 0.25) is 0 Å². The van der Waals surface area contributed by atoms with Gasteiger partial charge in [-0.25, -0.2) is 9.59 Å². The topological polar surface area (TPSA) is 160 Å². The molecule has 2 saturated heterocycles. The van der Waals surface area contributed by atoms with Gasteiger partial charge >= 0.3 is 17.9 Å². The Morgan fingerprint density at radius 2 is 1.87 bits per heavy atom. The number of esters is 3. The van der Waals surface area contributed by atoms with E-state index in [-0.39, 0.29) is 12.8 Å². The van der Waals surface area contributed by atoms with Gasteiger partial charge in [0, 0.05) is 46.8 Å². The van der Waals surface area contributed by atoms with E-state index in [4.69, 9.17) is 32.8 Å². The molecular formula is C34H40O12. The van der Waals surface area contributed by atoms with Gasteiger partial charge in [0.1, 0.15) is 29.5 Å². The molecule has 2 N–H and O–H groups in total. The van der Waals surface area contributed by atoms with Gasteiger partial charge < -0.3 is 43.1 Å². The number of carbonyl (C=O) groups excluding carboxylic acids is 3. The summed E-state index contributed by atoms with van der Waals surface area (Å²) >= 11 is 0. The standard InChI is InChI=1S/C34H40O12/c1-8-17(2)24(37)43-25-28(4)16-31(38)29(5,19(28)13-21(35)40-7)32-11-10-27(3)20(14-22(36)42-23(27)18-9-12-41-15-18)34(32)26(33(25,31)39)44-30(6,45-32)46-34/h8-9,12,14-15,19,23,25-26,38-39H,10-11,13,16H2,1-7H3/b17-8+/t19-,23-,25-,26+,27+,28+,29+,30?,31+,32-,33-,34+/m0/s1. The van der Waals surface area contributed by atoms with Gasteiger partial charge in [-0.05, 0) is 50.7 Å². The van der Waals surface area contributed by atoms with Crippen molar-refractivity contribution in [2.75, 3.05) is 7.11 Å². The van der Waals surface area contributed by atoms with E-state index >= 15 is 0 Å². The van der Waals surface area contributed by atoms with Crippen LogP contribution in [0.2, 0.25) is 0 Å². The lowest BCUT2D eigenvalue weighted by Gasteiger charge is -2.75. The Labute approximate surface area is 266 Å².